The molecule has 0 radical (unpaired) electrons. The fraction of sp³-hybridized carbons (Fsp3) is 0.533. The predicted octanol–water partition coefficient (Wildman–Crippen LogP) is 2.53. The number of anilines is 1. The van der Waals surface area contributed by atoms with Crippen molar-refractivity contribution in [2.45, 2.75) is 32.3 Å². The van der Waals surface area contributed by atoms with Crippen LogP contribution in [0, 0.1) is 10.1 Å². The minimum absolute atomic E-state index is 0.0153. The Morgan fingerprint density at radius 2 is 1.92 bits per heavy atom. The number of nitrogens with zero attached hydrogens (tertiary/aromatic N) is 1. The lowest BCUT2D eigenvalue weighted by molar-refractivity contribution is -0.385. The highest BCUT2D eigenvalue weighted by molar-refractivity contribution is 7.85. The second kappa shape index (κ2) is 7.46. The Morgan fingerprint density at radius 1 is 1.27 bits per heavy atom. The van der Waals surface area contributed by atoms with Crippen molar-refractivity contribution >= 4 is 27.6 Å². The molecule has 0 spiro atoms. The predicted molar refractivity (Wildman–Crippen MR) is 91.8 cm³/mol. The number of nitrogens with one attached hydrogen (secondary N) is 1. The number of unbranched alkanes of at least 4 members (excludes halogenated alkanes) is 1. The van der Waals surface area contributed by atoms with E-state index < -0.39 is 26.7 Å². The van der Waals surface area contributed by atoms with Crippen LogP contribution in [0.3, 0.4) is 0 Å². The molecule has 1 aliphatic rings. The van der Waals surface area contributed by atoms with Gasteiger partial charge in [-0.3, -0.25) is 19.6 Å². The molecule has 0 atom stereocenters. The SMILES string of the molecule is CC1(C)OC(=O)Nc2cc([N+](=O)[O-])c(OCCCCOS(C)(=O)=O)cc21. The number of nitro groups is 1. The van der Waals surface area contributed by atoms with Gasteiger partial charge in [0.05, 0.1) is 30.1 Å². The number of cyclic esters (lactones) is 1. The zero-order chi connectivity index (χ0) is 19.5. The minimum Gasteiger partial charge on any atom is -0.487 e. The van der Waals surface area contributed by atoms with Crippen LogP contribution in [-0.4, -0.2) is 38.9 Å². The maximum absolute atomic E-state index is 11.6. The van der Waals surface area contributed by atoms with Crippen LogP contribution >= 0.6 is 0 Å². The van der Waals surface area contributed by atoms with Gasteiger partial charge in [-0.1, -0.05) is 0 Å². The zero-order valence-electron chi connectivity index (χ0n) is 14.6. The van der Waals surface area contributed by atoms with Crippen LogP contribution in [0.4, 0.5) is 16.2 Å². The Morgan fingerprint density at radius 3 is 2.54 bits per heavy atom. The molecule has 0 bridgehead atoms. The highest BCUT2D eigenvalue weighted by atomic mass is 32.2. The van der Waals surface area contributed by atoms with Gasteiger partial charge in [0.15, 0.2) is 5.75 Å². The van der Waals surface area contributed by atoms with E-state index in [1.165, 1.54) is 12.1 Å². The number of ether oxygens (including phenoxy) is 2. The van der Waals surface area contributed by atoms with Gasteiger partial charge in [0.25, 0.3) is 10.1 Å². The number of rotatable bonds is 8. The first-order valence-corrected chi connectivity index (χ1v) is 9.61. The summed E-state index contributed by atoms with van der Waals surface area (Å²) in [5.74, 6) is 0.0469. The van der Waals surface area contributed by atoms with Gasteiger partial charge >= 0.3 is 11.8 Å². The lowest BCUT2D eigenvalue weighted by atomic mass is 9.94. The van der Waals surface area contributed by atoms with Gasteiger partial charge in [-0.25, -0.2) is 4.79 Å². The molecule has 1 heterocycles. The summed E-state index contributed by atoms with van der Waals surface area (Å²) in [6, 6.07) is 2.71. The maximum Gasteiger partial charge on any atom is 0.412 e. The molecule has 0 aliphatic carbocycles. The summed E-state index contributed by atoms with van der Waals surface area (Å²) in [6.07, 6.45) is 1.13. The third-order valence-electron chi connectivity index (χ3n) is 3.62. The number of amides is 1. The Balaban J connectivity index is 2.10. The topological polar surface area (TPSA) is 134 Å². The molecular formula is C15H20N2O8S. The number of fused-ring (bicyclic) bond motifs is 1. The number of nitro benzene ring substituents is 1. The van der Waals surface area contributed by atoms with E-state index in [4.69, 9.17) is 9.47 Å². The number of hydrogen-bond acceptors (Lipinski definition) is 8. The fourth-order valence-corrected chi connectivity index (χ4v) is 2.87. The Hall–Kier alpha value is -2.40. The van der Waals surface area contributed by atoms with Gasteiger partial charge < -0.3 is 9.47 Å². The molecule has 1 aromatic rings. The van der Waals surface area contributed by atoms with Crippen LogP contribution in [0.25, 0.3) is 0 Å². The summed E-state index contributed by atoms with van der Waals surface area (Å²) in [4.78, 5) is 22.3. The summed E-state index contributed by atoms with van der Waals surface area (Å²) in [5.41, 5.74) is -0.395. The van der Waals surface area contributed by atoms with Gasteiger partial charge in [-0.2, -0.15) is 8.42 Å². The van der Waals surface area contributed by atoms with Crippen molar-refractivity contribution < 1.29 is 31.8 Å². The molecule has 0 saturated carbocycles. The largest absolute Gasteiger partial charge is 0.487 e. The average Bonchev–Trinajstić information content (AvgIpc) is 2.48. The molecule has 0 fully saturated rings. The smallest absolute Gasteiger partial charge is 0.412 e. The van der Waals surface area contributed by atoms with Crippen LogP contribution < -0.4 is 10.1 Å². The number of carbonyl (C=O) groups excluding carboxylic acids is 1. The second-order valence-electron chi connectivity index (χ2n) is 6.23. The number of benzene rings is 1. The molecule has 1 aromatic carbocycles. The van der Waals surface area contributed by atoms with E-state index >= 15 is 0 Å². The van der Waals surface area contributed by atoms with Crippen molar-refractivity contribution in [2.24, 2.45) is 0 Å². The summed E-state index contributed by atoms with van der Waals surface area (Å²) < 4.78 is 37.0. The van der Waals surface area contributed by atoms with Gasteiger partial charge in [-0.05, 0) is 32.8 Å². The number of carbonyl (C=O) groups is 1. The molecule has 0 aromatic heterocycles. The highest BCUT2D eigenvalue weighted by Gasteiger charge is 2.36. The summed E-state index contributed by atoms with van der Waals surface area (Å²) in [7, 11) is -3.49. The second-order valence-corrected chi connectivity index (χ2v) is 7.87. The Bertz CT molecular complexity index is 819. The lowest BCUT2D eigenvalue weighted by Crippen LogP contribution is -2.34. The Kier molecular flexibility index (Phi) is 5.71. The average molecular weight is 388 g/mol. The maximum atomic E-state index is 11.6. The van der Waals surface area contributed by atoms with Crippen LogP contribution in [0.1, 0.15) is 32.3 Å². The summed E-state index contributed by atoms with van der Waals surface area (Å²) >= 11 is 0. The van der Waals surface area contributed by atoms with Gasteiger partial charge in [-0.15, -0.1) is 0 Å². The molecule has 10 nitrogen and oxygen atoms in total. The lowest BCUT2D eigenvalue weighted by Gasteiger charge is -2.32. The van der Waals surface area contributed by atoms with E-state index in [0.717, 1.165) is 6.26 Å². The molecule has 1 aliphatic heterocycles. The molecule has 144 valence electrons. The molecular weight excluding hydrogens is 368 g/mol. The third kappa shape index (κ3) is 5.05. The first-order chi connectivity index (χ1) is 12.0. The van der Waals surface area contributed by atoms with Crippen molar-refractivity contribution in [1.29, 1.82) is 0 Å². The van der Waals surface area contributed by atoms with E-state index in [9.17, 15) is 23.3 Å². The summed E-state index contributed by atoms with van der Waals surface area (Å²) in [5, 5.41) is 13.7. The molecule has 1 N–H and O–H groups in total. The normalized spacial score (nSPS) is 15.6. The van der Waals surface area contributed by atoms with E-state index in [0.29, 0.717) is 24.1 Å². The van der Waals surface area contributed by atoms with E-state index in [-0.39, 0.29) is 24.7 Å². The summed E-state index contributed by atoms with van der Waals surface area (Å²) in [6.45, 7) is 3.49. The first-order valence-electron chi connectivity index (χ1n) is 7.80. The molecule has 11 heteroatoms. The van der Waals surface area contributed by atoms with Crippen molar-refractivity contribution in [3.63, 3.8) is 0 Å². The molecule has 0 unspecified atom stereocenters. The molecule has 1 amide bonds. The van der Waals surface area contributed by atoms with Crippen molar-refractivity contribution in [1.82, 2.24) is 0 Å². The van der Waals surface area contributed by atoms with Crippen LogP contribution in [-0.2, 0) is 24.6 Å². The molecule has 2 rings (SSSR count). The molecule has 26 heavy (non-hydrogen) atoms. The van der Waals surface area contributed by atoms with Gasteiger partial charge in [0.1, 0.15) is 5.60 Å². The van der Waals surface area contributed by atoms with E-state index in [1.807, 2.05) is 0 Å². The standard InChI is InChI=1S/C15H20N2O8S/c1-15(2)10-8-13(23-6-4-5-7-24-26(3,21)22)12(17(19)20)9-11(10)16-14(18)25-15/h8-9H,4-7H2,1-3H3,(H,16,18). The minimum atomic E-state index is -3.49. The van der Waals surface area contributed by atoms with E-state index in [1.54, 1.807) is 13.8 Å². The highest BCUT2D eigenvalue weighted by Crippen LogP contribution is 2.42. The van der Waals surface area contributed by atoms with Crippen LogP contribution in [0.2, 0.25) is 0 Å². The Labute approximate surface area is 150 Å². The van der Waals surface area contributed by atoms with Crippen molar-refractivity contribution in [2.75, 3.05) is 24.8 Å². The first kappa shape index (κ1) is 19.9. The van der Waals surface area contributed by atoms with Gasteiger partial charge in [0, 0.05) is 11.6 Å². The van der Waals surface area contributed by atoms with Gasteiger partial charge in [0.2, 0.25) is 0 Å². The quantitative estimate of drug-likeness (QED) is 0.311. The fourth-order valence-electron chi connectivity index (χ4n) is 2.45. The zero-order valence-corrected chi connectivity index (χ0v) is 15.4. The third-order valence-corrected chi connectivity index (χ3v) is 4.22. The monoisotopic (exact) mass is 388 g/mol. The van der Waals surface area contributed by atoms with Crippen molar-refractivity contribution in [3.05, 3.63) is 27.8 Å². The number of hydrogen-bond donors (Lipinski definition) is 1. The van der Waals surface area contributed by atoms with E-state index in [2.05, 4.69) is 9.50 Å². The molecule has 0 saturated heterocycles. The van der Waals surface area contributed by atoms with Crippen LogP contribution in [0.5, 0.6) is 5.75 Å². The van der Waals surface area contributed by atoms with Crippen LogP contribution in [0.15, 0.2) is 12.1 Å². The van der Waals surface area contributed by atoms with Crippen molar-refractivity contribution in [3.8, 4) is 5.75 Å².